The van der Waals surface area contributed by atoms with Crippen molar-refractivity contribution in [1.82, 2.24) is 0 Å². The first-order valence-electron chi connectivity index (χ1n) is 4.02. The minimum atomic E-state index is 0.613. The first-order chi connectivity index (χ1) is 5.30. The van der Waals surface area contributed by atoms with Crippen molar-refractivity contribution in [2.75, 3.05) is 0 Å². The van der Waals surface area contributed by atoms with Crippen LogP contribution in [0, 0.1) is 5.92 Å². The second-order valence-corrected chi connectivity index (χ2v) is 2.95. The predicted octanol–water partition coefficient (Wildman–Crippen LogP) is 3.25. The van der Waals surface area contributed by atoms with Gasteiger partial charge >= 0.3 is 0 Å². The SMILES string of the molecule is CC(C)C1=C/C=C\C=C/C=C1. The van der Waals surface area contributed by atoms with Gasteiger partial charge in [0.05, 0.1) is 0 Å². The van der Waals surface area contributed by atoms with E-state index in [0.717, 1.165) is 0 Å². The van der Waals surface area contributed by atoms with E-state index in [4.69, 9.17) is 0 Å². The lowest BCUT2D eigenvalue weighted by Crippen LogP contribution is -1.89. The molecule has 0 unspecified atom stereocenters. The molecule has 0 aromatic heterocycles. The molecule has 1 aliphatic carbocycles. The highest BCUT2D eigenvalue weighted by Gasteiger charge is 1.96. The van der Waals surface area contributed by atoms with Crippen molar-refractivity contribution < 1.29 is 0 Å². The van der Waals surface area contributed by atoms with Crippen LogP contribution in [0.3, 0.4) is 0 Å². The van der Waals surface area contributed by atoms with Crippen LogP contribution in [0.2, 0.25) is 0 Å². The van der Waals surface area contributed by atoms with E-state index in [2.05, 4.69) is 38.2 Å². The topological polar surface area (TPSA) is 0 Å². The summed E-state index contributed by atoms with van der Waals surface area (Å²) in [7, 11) is 0. The number of hydrogen-bond donors (Lipinski definition) is 0. The van der Waals surface area contributed by atoms with Crippen molar-refractivity contribution in [2.45, 2.75) is 13.8 Å². The fraction of sp³-hybridized carbons (Fsp3) is 0.273. The lowest BCUT2D eigenvalue weighted by Gasteiger charge is -2.04. The van der Waals surface area contributed by atoms with Crippen molar-refractivity contribution in [3.05, 3.63) is 48.1 Å². The van der Waals surface area contributed by atoms with Gasteiger partial charge in [0.15, 0.2) is 0 Å². The quantitative estimate of drug-likeness (QED) is 0.532. The summed E-state index contributed by atoms with van der Waals surface area (Å²) in [6, 6.07) is 0. The summed E-state index contributed by atoms with van der Waals surface area (Å²) < 4.78 is 0. The molecular formula is C11H14. The van der Waals surface area contributed by atoms with Gasteiger partial charge in [-0.3, -0.25) is 0 Å². The molecule has 0 radical (unpaired) electrons. The molecule has 11 heavy (non-hydrogen) atoms. The fourth-order valence-electron chi connectivity index (χ4n) is 0.966. The zero-order chi connectivity index (χ0) is 8.10. The molecule has 0 amide bonds. The molecule has 0 aliphatic heterocycles. The van der Waals surface area contributed by atoms with Gasteiger partial charge in [0.1, 0.15) is 0 Å². The summed E-state index contributed by atoms with van der Waals surface area (Å²) in [5.41, 5.74) is 1.38. The van der Waals surface area contributed by atoms with Gasteiger partial charge in [-0.2, -0.15) is 0 Å². The Bertz CT molecular complexity index is 224. The van der Waals surface area contributed by atoms with Crippen LogP contribution in [-0.4, -0.2) is 0 Å². The van der Waals surface area contributed by atoms with E-state index in [0.29, 0.717) is 5.92 Å². The highest BCUT2D eigenvalue weighted by molar-refractivity contribution is 5.31. The third-order valence-electron chi connectivity index (χ3n) is 1.69. The van der Waals surface area contributed by atoms with E-state index < -0.39 is 0 Å². The zero-order valence-electron chi connectivity index (χ0n) is 7.12. The molecule has 0 atom stereocenters. The summed E-state index contributed by atoms with van der Waals surface area (Å²) in [5.74, 6) is 0.613. The van der Waals surface area contributed by atoms with Crippen molar-refractivity contribution in [3.8, 4) is 0 Å². The average Bonchev–Trinajstić information content (AvgIpc) is 1.84. The van der Waals surface area contributed by atoms with Crippen LogP contribution in [0.5, 0.6) is 0 Å². The Kier molecular flexibility index (Phi) is 2.91. The van der Waals surface area contributed by atoms with Crippen molar-refractivity contribution in [3.63, 3.8) is 0 Å². The standard InChI is InChI=1S/C11H14/c1-10(2)11-8-6-4-3-5-7-9-11/h3-10H,1-2H3/b4-3-,5-3?,6-4?,7-5-,8-6?,9-7?,11-8?,11-9?. The van der Waals surface area contributed by atoms with E-state index in [1.807, 2.05) is 18.2 Å². The van der Waals surface area contributed by atoms with Crippen LogP contribution in [-0.2, 0) is 0 Å². The normalized spacial score (nSPS) is 22.3. The van der Waals surface area contributed by atoms with Crippen molar-refractivity contribution in [2.24, 2.45) is 5.92 Å². The molecule has 0 aromatic carbocycles. The van der Waals surface area contributed by atoms with Gasteiger partial charge in [-0.05, 0) is 11.5 Å². The molecule has 0 heterocycles. The second-order valence-electron chi connectivity index (χ2n) is 2.95. The first-order valence-corrected chi connectivity index (χ1v) is 4.02. The maximum absolute atomic E-state index is 2.20. The van der Waals surface area contributed by atoms with E-state index in [1.54, 1.807) is 0 Å². The van der Waals surface area contributed by atoms with Crippen LogP contribution < -0.4 is 0 Å². The van der Waals surface area contributed by atoms with Gasteiger partial charge < -0.3 is 0 Å². The van der Waals surface area contributed by atoms with E-state index >= 15 is 0 Å². The number of allylic oxidation sites excluding steroid dienone is 8. The minimum absolute atomic E-state index is 0.613. The monoisotopic (exact) mass is 146 g/mol. The lowest BCUT2D eigenvalue weighted by atomic mass is 10.0. The van der Waals surface area contributed by atoms with Crippen molar-refractivity contribution >= 4 is 0 Å². The van der Waals surface area contributed by atoms with Crippen LogP contribution in [0.4, 0.5) is 0 Å². The van der Waals surface area contributed by atoms with Crippen LogP contribution in [0.25, 0.3) is 0 Å². The smallest absolute Gasteiger partial charge is 0.0219 e. The van der Waals surface area contributed by atoms with Crippen LogP contribution in [0.1, 0.15) is 13.8 Å². The van der Waals surface area contributed by atoms with Gasteiger partial charge in [0.25, 0.3) is 0 Å². The summed E-state index contributed by atoms with van der Waals surface area (Å²) in [4.78, 5) is 0. The minimum Gasteiger partial charge on any atom is -0.0623 e. The molecule has 58 valence electrons. The zero-order valence-corrected chi connectivity index (χ0v) is 7.12. The Morgan fingerprint density at radius 1 is 0.909 bits per heavy atom. The molecule has 0 N–H and O–H groups in total. The maximum Gasteiger partial charge on any atom is -0.0219 e. The molecule has 0 heteroatoms. The third-order valence-corrected chi connectivity index (χ3v) is 1.69. The van der Waals surface area contributed by atoms with E-state index in [9.17, 15) is 0 Å². The van der Waals surface area contributed by atoms with Gasteiger partial charge in [0.2, 0.25) is 0 Å². The molecule has 0 fully saturated rings. The fourth-order valence-corrected chi connectivity index (χ4v) is 0.966. The molecule has 0 bridgehead atoms. The van der Waals surface area contributed by atoms with Crippen molar-refractivity contribution in [1.29, 1.82) is 0 Å². The Balaban J connectivity index is 2.78. The lowest BCUT2D eigenvalue weighted by molar-refractivity contribution is 0.791. The van der Waals surface area contributed by atoms with Crippen LogP contribution >= 0.6 is 0 Å². The van der Waals surface area contributed by atoms with Gasteiger partial charge in [-0.1, -0.05) is 56.4 Å². The van der Waals surface area contributed by atoms with E-state index in [1.165, 1.54) is 5.57 Å². The molecule has 0 saturated carbocycles. The molecule has 0 nitrogen and oxygen atoms in total. The molecule has 0 aromatic rings. The maximum atomic E-state index is 2.20. The Morgan fingerprint density at radius 2 is 1.55 bits per heavy atom. The average molecular weight is 146 g/mol. The molecule has 1 rings (SSSR count). The molecule has 0 spiro atoms. The summed E-state index contributed by atoms with van der Waals surface area (Å²) in [6.07, 6.45) is 14.6. The van der Waals surface area contributed by atoms with Gasteiger partial charge in [-0.15, -0.1) is 0 Å². The summed E-state index contributed by atoms with van der Waals surface area (Å²) in [6.45, 7) is 4.41. The predicted molar refractivity (Wildman–Crippen MR) is 50.3 cm³/mol. The highest BCUT2D eigenvalue weighted by Crippen LogP contribution is 2.12. The molecular weight excluding hydrogens is 132 g/mol. The number of hydrogen-bond acceptors (Lipinski definition) is 0. The van der Waals surface area contributed by atoms with Crippen LogP contribution in [0.15, 0.2) is 48.1 Å². The van der Waals surface area contributed by atoms with Gasteiger partial charge in [0, 0.05) is 0 Å². The number of rotatable bonds is 1. The Morgan fingerprint density at radius 3 is 2.27 bits per heavy atom. The van der Waals surface area contributed by atoms with Gasteiger partial charge in [-0.25, -0.2) is 0 Å². The summed E-state index contributed by atoms with van der Waals surface area (Å²) >= 11 is 0. The Labute approximate surface area is 68.6 Å². The summed E-state index contributed by atoms with van der Waals surface area (Å²) in [5, 5.41) is 0. The third kappa shape index (κ3) is 2.58. The molecule has 1 aliphatic rings. The van der Waals surface area contributed by atoms with E-state index in [-0.39, 0.29) is 0 Å². The second kappa shape index (κ2) is 3.97. The molecule has 0 saturated heterocycles. The highest BCUT2D eigenvalue weighted by atomic mass is 14.0. The largest absolute Gasteiger partial charge is 0.0623 e. The Hall–Kier alpha value is -1.04. The first kappa shape index (κ1) is 8.06.